The van der Waals surface area contributed by atoms with Crippen LogP contribution in [0, 0.1) is 12.8 Å². The number of nitrogens with zero attached hydrogens (tertiary/aromatic N) is 2. The van der Waals surface area contributed by atoms with Crippen LogP contribution in [-0.2, 0) is 22.7 Å². The number of anilines is 1. The van der Waals surface area contributed by atoms with Gasteiger partial charge >= 0.3 is 0 Å². The number of carbonyl (C=O) groups excluding carboxylic acids is 3. The molecule has 3 amide bonds. The first-order valence-corrected chi connectivity index (χ1v) is 12.2. The Kier molecular flexibility index (Phi) is 6.70. The third kappa shape index (κ3) is 4.55. The number of nitrogens with one attached hydrogen (secondary N) is 2. The summed E-state index contributed by atoms with van der Waals surface area (Å²) in [5, 5.41) is 6.74. The van der Waals surface area contributed by atoms with E-state index in [4.69, 9.17) is 0 Å². The zero-order valence-electron chi connectivity index (χ0n) is 21.1. The van der Waals surface area contributed by atoms with Crippen molar-refractivity contribution >= 4 is 34.3 Å². The Morgan fingerprint density at radius 1 is 1.09 bits per heavy atom. The van der Waals surface area contributed by atoms with Crippen LogP contribution in [0.1, 0.15) is 55.7 Å². The number of hydrogen-bond donors (Lipinski definition) is 2. The Balaban J connectivity index is 1.85. The molecule has 0 fully saturated rings. The Hall–Kier alpha value is -3.61. The van der Waals surface area contributed by atoms with E-state index in [2.05, 4.69) is 24.5 Å². The molecule has 0 saturated carbocycles. The van der Waals surface area contributed by atoms with Crippen molar-refractivity contribution < 1.29 is 14.4 Å². The third-order valence-electron chi connectivity index (χ3n) is 6.87. The van der Waals surface area contributed by atoms with Crippen molar-refractivity contribution in [1.29, 1.82) is 0 Å². The van der Waals surface area contributed by atoms with Crippen LogP contribution in [0.5, 0.6) is 0 Å². The van der Waals surface area contributed by atoms with Crippen LogP contribution in [0.4, 0.5) is 5.69 Å². The molecule has 7 heteroatoms. The molecule has 35 heavy (non-hydrogen) atoms. The summed E-state index contributed by atoms with van der Waals surface area (Å²) in [5.74, 6) is -0.243. The molecular weight excluding hydrogens is 440 g/mol. The van der Waals surface area contributed by atoms with Crippen LogP contribution >= 0.6 is 0 Å². The van der Waals surface area contributed by atoms with Crippen LogP contribution in [0.15, 0.2) is 48.5 Å². The molecule has 2 N–H and O–H groups in total. The first-order chi connectivity index (χ1) is 16.6. The number of benzene rings is 2. The van der Waals surface area contributed by atoms with Gasteiger partial charge in [0.15, 0.2) is 0 Å². The van der Waals surface area contributed by atoms with Crippen molar-refractivity contribution in [3.63, 3.8) is 0 Å². The fourth-order valence-corrected chi connectivity index (χ4v) is 4.80. The summed E-state index contributed by atoms with van der Waals surface area (Å²) in [4.78, 5) is 41.6. The monoisotopic (exact) mass is 474 g/mol. The van der Waals surface area contributed by atoms with Gasteiger partial charge in [-0.3, -0.25) is 14.4 Å². The van der Waals surface area contributed by atoms with Crippen LogP contribution in [0.2, 0.25) is 0 Å². The van der Waals surface area contributed by atoms with E-state index in [1.165, 1.54) is 6.92 Å². The van der Waals surface area contributed by atoms with Gasteiger partial charge in [0.05, 0.1) is 17.7 Å². The van der Waals surface area contributed by atoms with Gasteiger partial charge in [-0.2, -0.15) is 0 Å². The van der Waals surface area contributed by atoms with Crippen LogP contribution in [-0.4, -0.2) is 39.3 Å². The lowest BCUT2D eigenvalue weighted by Gasteiger charge is -2.44. The van der Waals surface area contributed by atoms with Gasteiger partial charge < -0.3 is 20.1 Å². The molecule has 0 bridgehead atoms. The van der Waals surface area contributed by atoms with Gasteiger partial charge in [0.2, 0.25) is 11.8 Å². The summed E-state index contributed by atoms with van der Waals surface area (Å²) in [6.45, 7) is 10.6. The van der Waals surface area contributed by atoms with Gasteiger partial charge in [0, 0.05) is 25.4 Å². The standard InChI is InChI=1S/C28H34N4O3/c1-18(2)14-15-29-27(35)28(5)17-31-23-13-9-8-12-22(23)24(30-20(4)33)25(31)26(34)32(28)16-21-11-7-6-10-19(21)3/h6-13,18H,14-17H2,1-5H3,(H,29,35)(H,30,33). The van der Waals surface area contributed by atoms with Gasteiger partial charge in [0.25, 0.3) is 5.91 Å². The molecule has 7 nitrogen and oxygen atoms in total. The maximum atomic E-state index is 14.2. The molecule has 1 atom stereocenters. The van der Waals surface area contributed by atoms with E-state index >= 15 is 0 Å². The van der Waals surface area contributed by atoms with E-state index in [1.54, 1.807) is 4.90 Å². The molecule has 1 aromatic heterocycles. The molecule has 1 aliphatic heterocycles. The minimum atomic E-state index is -1.11. The van der Waals surface area contributed by atoms with Crippen LogP contribution in [0.3, 0.4) is 0 Å². The molecule has 2 aromatic carbocycles. The number of aryl methyl sites for hydroxylation is 1. The molecule has 1 aliphatic rings. The van der Waals surface area contributed by atoms with E-state index in [9.17, 15) is 14.4 Å². The van der Waals surface area contributed by atoms with Crippen molar-refractivity contribution in [3.05, 3.63) is 65.4 Å². The lowest BCUT2D eigenvalue weighted by Crippen LogP contribution is -2.63. The summed E-state index contributed by atoms with van der Waals surface area (Å²) in [6.07, 6.45) is 0.859. The second-order valence-corrected chi connectivity index (χ2v) is 10.0. The van der Waals surface area contributed by atoms with Gasteiger partial charge in [-0.15, -0.1) is 0 Å². The summed E-state index contributed by atoms with van der Waals surface area (Å²) < 4.78 is 1.89. The number of amides is 3. The molecular formula is C28H34N4O3. The highest BCUT2D eigenvalue weighted by Gasteiger charge is 2.49. The van der Waals surface area contributed by atoms with E-state index in [-0.39, 0.29) is 24.3 Å². The van der Waals surface area contributed by atoms with Crippen molar-refractivity contribution in [3.8, 4) is 0 Å². The molecule has 0 radical (unpaired) electrons. The molecule has 0 saturated heterocycles. The van der Waals surface area contributed by atoms with Crippen molar-refractivity contribution in [2.45, 2.75) is 59.7 Å². The molecule has 0 aliphatic carbocycles. The molecule has 1 unspecified atom stereocenters. The molecule has 2 heterocycles. The molecule has 3 aromatic rings. The lowest BCUT2D eigenvalue weighted by molar-refractivity contribution is -0.133. The average molecular weight is 475 g/mol. The van der Waals surface area contributed by atoms with Crippen LogP contribution < -0.4 is 10.6 Å². The van der Waals surface area contributed by atoms with E-state index in [0.717, 1.165) is 28.5 Å². The Morgan fingerprint density at radius 2 is 1.77 bits per heavy atom. The van der Waals surface area contributed by atoms with Gasteiger partial charge in [-0.1, -0.05) is 56.3 Å². The van der Waals surface area contributed by atoms with Crippen molar-refractivity contribution in [2.24, 2.45) is 5.92 Å². The Labute approximate surface area is 206 Å². The van der Waals surface area contributed by atoms with Gasteiger partial charge in [0.1, 0.15) is 11.2 Å². The number of fused-ring (bicyclic) bond motifs is 3. The average Bonchev–Trinajstić information content (AvgIpc) is 3.10. The number of hydrogen-bond acceptors (Lipinski definition) is 3. The second-order valence-electron chi connectivity index (χ2n) is 10.0. The first kappa shape index (κ1) is 24.5. The Morgan fingerprint density at radius 3 is 2.46 bits per heavy atom. The highest BCUT2D eigenvalue weighted by molar-refractivity contribution is 6.14. The number of rotatable bonds is 7. The van der Waals surface area contributed by atoms with E-state index in [0.29, 0.717) is 30.4 Å². The molecule has 4 rings (SSSR count). The number of para-hydroxylation sites is 1. The van der Waals surface area contributed by atoms with Gasteiger partial charge in [-0.05, 0) is 43.4 Å². The zero-order valence-corrected chi connectivity index (χ0v) is 21.1. The number of carbonyl (C=O) groups is 3. The van der Waals surface area contributed by atoms with E-state index < -0.39 is 5.54 Å². The normalized spacial score (nSPS) is 17.5. The third-order valence-corrected chi connectivity index (χ3v) is 6.87. The van der Waals surface area contributed by atoms with E-state index in [1.807, 2.05) is 66.9 Å². The summed E-state index contributed by atoms with van der Waals surface area (Å²) in [5.41, 5.74) is 2.64. The van der Waals surface area contributed by atoms with Gasteiger partial charge in [-0.25, -0.2) is 0 Å². The maximum Gasteiger partial charge on any atom is 0.273 e. The molecule has 0 spiro atoms. The first-order valence-electron chi connectivity index (χ1n) is 12.2. The maximum absolute atomic E-state index is 14.2. The fraction of sp³-hybridized carbons (Fsp3) is 0.393. The minimum absolute atomic E-state index is 0.176. The minimum Gasteiger partial charge on any atom is -0.354 e. The predicted octanol–water partition coefficient (Wildman–Crippen LogP) is 4.49. The predicted molar refractivity (Wildman–Crippen MR) is 138 cm³/mol. The molecule has 184 valence electrons. The van der Waals surface area contributed by atoms with Crippen molar-refractivity contribution in [2.75, 3.05) is 11.9 Å². The second kappa shape index (κ2) is 9.56. The van der Waals surface area contributed by atoms with Crippen molar-refractivity contribution in [1.82, 2.24) is 14.8 Å². The van der Waals surface area contributed by atoms with Crippen LogP contribution in [0.25, 0.3) is 10.9 Å². The topological polar surface area (TPSA) is 83.4 Å². The lowest BCUT2D eigenvalue weighted by atomic mass is 9.93. The number of aromatic nitrogens is 1. The highest BCUT2D eigenvalue weighted by atomic mass is 16.2. The SMILES string of the molecule is CC(=O)Nc1c2n(c3ccccc13)CC(C)(C(=O)NCCC(C)C)N(Cc1ccccc1C)C2=O. The summed E-state index contributed by atoms with van der Waals surface area (Å²) in [6, 6.07) is 15.5. The smallest absolute Gasteiger partial charge is 0.273 e. The fourth-order valence-electron chi connectivity index (χ4n) is 4.80. The quantitative estimate of drug-likeness (QED) is 0.529. The largest absolute Gasteiger partial charge is 0.354 e. The summed E-state index contributed by atoms with van der Waals surface area (Å²) in [7, 11) is 0. The highest BCUT2D eigenvalue weighted by Crippen LogP contribution is 2.39. The Bertz CT molecular complexity index is 1290. The summed E-state index contributed by atoms with van der Waals surface area (Å²) >= 11 is 0. The zero-order chi connectivity index (χ0) is 25.3.